The molecule has 2 atom stereocenters. The van der Waals surface area contributed by atoms with Gasteiger partial charge in [-0.25, -0.2) is 4.98 Å². The van der Waals surface area contributed by atoms with E-state index in [0.29, 0.717) is 18.2 Å². The quantitative estimate of drug-likeness (QED) is 0.876. The van der Waals surface area contributed by atoms with E-state index < -0.39 is 0 Å². The van der Waals surface area contributed by atoms with Crippen LogP contribution in [0.3, 0.4) is 0 Å². The zero-order chi connectivity index (χ0) is 17.1. The molecule has 1 aromatic heterocycles. The van der Waals surface area contributed by atoms with Crippen LogP contribution in [-0.2, 0) is 9.53 Å². The Kier molecular flexibility index (Phi) is 4.81. The number of carbonyl (C=O) groups excluding carboxylic acids is 1. The summed E-state index contributed by atoms with van der Waals surface area (Å²) in [5.74, 6) is 1.18. The van der Waals surface area contributed by atoms with Gasteiger partial charge in [-0.15, -0.1) is 0 Å². The molecule has 0 spiro atoms. The summed E-state index contributed by atoms with van der Waals surface area (Å²) in [5.41, 5.74) is 3.05. The Balaban J connectivity index is 1.57. The Morgan fingerprint density at radius 3 is 2.75 bits per heavy atom. The van der Waals surface area contributed by atoms with Gasteiger partial charge in [0.2, 0.25) is 11.8 Å². The number of aryl methyl sites for hydroxylation is 2. The minimum Gasteiger partial charge on any atom is -0.439 e. The average molecular weight is 326 g/mol. The van der Waals surface area contributed by atoms with Gasteiger partial charge in [0.15, 0.2) is 0 Å². The summed E-state index contributed by atoms with van der Waals surface area (Å²) in [4.78, 5) is 16.3. The lowest BCUT2D eigenvalue weighted by Crippen LogP contribution is -2.16. The van der Waals surface area contributed by atoms with E-state index in [0.717, 1.165) is 12.2 Å². The highest BCUT2D eigenvalue weighted by atomic mass is 16.5. The van der Waals surface area contributed by atoms with Gasteiger partial charge in [-0.2, -0.15) is 0 Å². The summed E-state index contributed by atoms with van der Waals surface area (Å²) in [6.45, 7) is 6.68. The largest absolute Gasteiger partial charge is 0.439 e. The monoisotopic (exact) mass is 326 g/mol. The summed E-state index contributed by atoms with van der Waals surface area (Å²) in [6, 6.07) is 9.45. The maximum atomic E-state index is 12.1. The first kappa shape index (κ1) is 16.5. The zero-order valence-electron chi connectivity index (χ0n) is 14.2. The highest BCUT2D eigenvalue weighted by Crippen LogP contribution is 2.34. The fourth-order valence-corrected chi connectivity index (χ4v) is 2.49. The average Bonchev–Trinajstić information content (AvgIpc) is 3.33. The van der Waals surface area contributed by atoms with E-state index in [4.69, 9.17) is 9.47 Å². The minimum atomic E-state index is -0.0450. The van der Waals surface area contributed by atoms with E-state index in [1.165, 1.54) is 11.1 Å². The summed E-state index contributed by atoms with van der Waals surface area (Å²) in [7, 11) is 0. The smallest absolute Gasteiger partial charge is 0.230 e. The van der Waals surface area contributed by atoms with Crippen LogP contribution in [0.4, 0.5) is 5.69 Å². The summed E-state index contributed by atoms with van der Waals surface area (Å²) < 4.78 is 11.2. The molecular weight excluding hydrogens is 304 g/mol. The number of aromatic nitrogens is 1. The Morgan fingerprint density at radius 2 is 2.08 bits per heavy atom. The molecule has 0 saturated heterocycles. The molecule has 2 aromatic rings. The number of hydrogen-bond acceptors (Lipinski definition) is 4. The number of nitrogens with zero attached hydrogens (tertiary/aromatic N) is 1. The topological polar surface area (TPSA) is 60.5 Å². The highest BCUT2D eigenvalue weighted by molar-refractivity contribution is 5.94. The van der Waals surface area contributed by atoms with Gasteiger partial charge in [0.25, 0.3) is 0 Å². The number of benzene rings is 1. The molecule has 1 amide bonds. The number of anilines is 1. The number of carbonyl (C=O) groups is 1. The molecule has 1 fully saturated rings. The Bertz CT molecular complexity index is 728. The third-order valence-corrected chi connectivity index (χ3v) is 4.15. The van der Waals surface area contributed by atoms with Gasteiger partial charge in [0, 0.05) is 12.7 Å². The standard InChI is InChI=1S/C19H22N2O3/c1-4-23-17-10-16(17)19(22)21-14-6-8-18(20-11-14)24-15-7-5-12(2)13(3)9-15/h5-9,11,16-17H,4,10H2,1-3H3,(H,21,22). The van der Waals surface area contributed by atoms with Gasteiger partial charge in [0.05, 0.1) is 23.9 Å². The first-order valence-corrected chi connectivity index (χ1v) is 8.20. The third-order valence-electron chi connectivity index (χ3n) is 4.15. The fourth-order valence-electron chi connectivity index (χ4n) is 2.49. The molecule has 126 valence electrons. The fraction of sp³-hybridized carbons (Fsp3) is 0.368. The number of hydrogen-bond donors (Lipinski definition) is 1. The highest BCUT2D eigenvalue weighted by Gasteiger charge is 2.43. The van der Waals surface area contributed by atoms with Crippen molar-refractivity contribution in [2.45, 2.75) is 33.3 Å². The van der Waals surface area contributed by atoms with E-state index in [2.05, 4.69) is 17.2 Å². The summed E-state index contributed by atoms with van der Waals surface area (Å²) >= 11 is 0. The van der Waals surface area contributed by atoms with Crippen molar-refractivity contribution < 1.29 is 14.3 Å². The van der Waals surface area contributed by atoms with Gasteiger partial charge >= 0.3 is 0 Å². The van der Waals surface area contributed by atoms with Crippen LogP contribution in [0, 0.1) is 19.8 Å². The minimum absolute atomic E-state index is 0.0157. The number of rotatable bonds is 6. The van der Waals surface area contributed by atoms with Gasteiger partial charge in [-0.3, -0.25) is 4.79 Å². The lowest BCUT2D eigenvalue weighted by atomic mass is 10.1. The molecule has 1 heterocycles. The summed E-state index contributed by atoms with van der Waals surface area (Å²) in [6.07, 6.45) is 2.46. The van der Waals surface area contributed by atoms with Crippen LogP contribution < -0.4 is 10.1 Å². The van der Waals surface area contributed by atoms with Gasteiger partial charge in [-0.05, 0) is 56.5 Å². The number of ether oxygens (including phenoxy) is 2. The van der Waals surface area contributed by atoms with Crippen molar-refractivity contribution in [2.24, 2.45) is 5.92 Å². The van der Waals surface area contributed by atoms with Crippen LogP contribution in [-0.4, -0.2) is 23.6 Å². The van der Waals surface area contributed by atoms with Crippen molar-refractivity contribution in [3.63, 3.8) is 0 Å². The van der Waals surface area contributed by atoms with Crippen LogP contribution in [0.5, 0.6) is 11.6 Å². The van der Waals surface area contributed by atoms with Crippen molar-refractivity contribution in [3.8, 4) is 11.6 Å². The molecule has 0 aliphatic heterocycles. The molecule has 24 heavy (non-hydrogen) atoms. The number of nitrogens with one attached hydrogen (secondary N) is 1. The van der Waals surface area contributed by atoms with Gasteiger partial charge in [-0.1, -0.05) is 6.07 Å². The maximum absolute atomic E-state index is 12.1. The van der Waals surface area contributed by atoms with E-state index >= 15 is 0 Å². The molecule has 5 nitrogen and oxygen atoms in total. The second-order valence-electron chi connectivity index (χ2n) is 6.06. The van der Waals surface area contributed by atoms with E-state index in [1.54, 1.807) is 18.3 Å². The predicted molar refractivity (Wildman–Crippen MR) is 92.4 cm³/mol. The van der Waals surface area contributed by atoms with Crippen LogP contribution in [0.15, 0.2) is 36.5 Å². The summed E-state index contributed by atoms with van der Waals surface area (Å²) in [5, 5.41) is 2.86. The lowest BCUT2D eigenvalue weighted by molar-refractivity contribution is -0.118. The number of pyridine rings is 1. The van der Waals surface area contributed by atoms with Crippen molar-refractivity contribution >= 4 is 11.6 Å². The Hall–Kier alpha value is -2.40. The van der Waals surface area contributed by atoms with E-state index in [-0.39, 0.29) is 17.9 Å². The third kappa shape index (κ3) is 3.92. The van der Waals surface area contributed by atoms with Gasteiger partial charge in [0.1, 0.15) is 5.75 Å². The predicted octanol–water partition coefficient (Wildman–Crippen LogP) is 3.85. The first-order valence-electron chi connectivity index (χ1n) is 8.20. The molecule has 1 aliphatic rings. The molecule has 1 N–H and O–H groups in total. The molecular formula is C19H22N2O3. The molecule has 5 heteroatoms. The molecule has 3 rings (SSSR count). The van der Waals surface area contributed by atoms with Crippen LogP contribution in [0.25, 0.3) is 0 Å². The first-order chi connectivity index (χ1) is 11.6. The Labute approximate surface area is 142 Å². The van der Waals surface area contributed by atoms with Gasteiger partial charge < -0.3 is 14.8 Å². The number of amides is 1. The zero-order valence-corrected chi connectivity index (χ0v) is 14.2. The van der Waals surface area contributed by atoms with Crippen molar-refractivity contribution in [2.75, 3.05) is 11.9 Å². The van der Waals surface area contributed by atoms with Crippen molar-refractivity contribution in [3.05, 3.63) is 47.7 Å². The van der Waals surface area contributed by atoms with Crippen LogP contribution >= 0.6 is 0 Å². The lowest BCUT2D eigenvalue weighted by Gasteiger charge is -2.08. The second kappa shape index (κ2) is 7.01. The molecule has 1 aliphatic carbocycles. The molecule has 1 saturated carbocycles. The normalized spacial score (nSPS) is 19.0. The van der Waals surface area contributed by atoms with E-state index in [1.807, 2.05) is 32.0 Å². The van der Waals surface area contributed by atoms with Crippen LogP contribution in [0.1, 0.15) is 24.5 Å². The second-order valence-corrected chi connectivity index (χ2v) is 6.06. The van der Waals surface area contributed by atoms with E-state index in [9.17, 15) is 4.79 Å². The van der Waals surface area contributed by atoms with Crippen molar-refractivity contribution in [1.29, 1.82) is 0 Å². The molecule has 1 aromatic carbocycles. The van der Waals surface area contributed by atoms with Crippen molar-refractivity contribution in [1.82, 2.24) is 4.98 Å². The van der Waals surface area contributed by atoms with Crippen LogP contribution in [0.2, 0.25) is 0 Å². The molecule has 0 radical (unpaired) electrons. The molecule has 2 unspecified atom stereocenters. The SMILES string of the molecule is CCOC1CC1C(=O)Nc1ccc(Oc2ccc(C)c(C)c2)nc1. The molecule has 0 bridgehead atoms. The maximum Gasteiger partial charge on any atom is 0.230 e. The Morgan fingerprint density at radius 1 is 1.25 bits per heavy atom.